The van der Waals surface area contributed by atoms with Gasteiger partial charge in [-0.15, -0.1) is 0 Å². The lowest BCUT2D eigenvalue weighted by atomic mass is 10.0. The molecule has 0 aromatic heterocycles. The number of ketones is 1. The molecular formula is C17H24O4. The van der Waals surface area contributed by atoms with E-state index in [1.165, 1.54) is 0 Å². The van der Waals surface area contributed by atoms with Crippen LogP contribution >= 0.6 is 0 Å². The van der Waals surface area contributed by atoms with Gasteiger partial charge in [-0.25, -0.2) is 0 Å². The first-order valence-electron chi connectivity index (χ1n) is 7.45. The van der Waals surface area contributed by atoms with Crippen LogP contribution in [-0.2, 0) is 14.3 Å². The summed E-state index contributed by atoms with van der Waals surface area (Å²) in [5.41, 5.74) is 0. The number of benzene rings is 1. The highest BCUT2D eigenvalue weighted by atomic mass is 16.6. The highest BCUT2D eigenvalue weighted by Gasteiger charge is 2.24. The van der Waals surface area contributed by atoms with E-state index >= 15 is 0 Å². The first kappa shape index (κ1) is 17.2. The van der Waals surface area contributed by atoms with Gasteiger partial charge in [0.15, 0.2) is 0 Å². The van der Waals surface area contributed by atoms with E-state index in [1.54, 1.807) is 13.8 Å². The highest BCUT2D eigenvalue weighted by molar-refractivity contribution is 5.98. The summed E-state index contributed by atoms with van der Waals surface area (Å²) >= 11 is 0. The third kappa shape index (κ3) is 6.43. The third-order valence-electron chi connectivity index (χ3n) is 3.16. The Kier molecular flexibility index (Phi) is 7.51. The monoisotopic (exact) mass is 292 g/mol. The fraction of sp³-hybridized carbons (Fsp3) is 0.529. The standard InChI is InChI=1S/C17H24O4/c1-4-5-11-16(18)14(3)17(19)21-13(2)12-20-15-9-7-6-8-10-15/h6-10,13-14H,4-5,11-12H2,1-3H3/t13-,14-/m0/s1. The summed E-state index contributed by atoms with van der Waals surface area (Å²) in [5, 5.41) is 0. The smallest absolute Gasteiger partial charge is 0.316 e. The lowest BCUT2D eigenvalue weighted by Crippen LogP contribution is -2.29. The van der Waals surface area contributed by atoms with Crippen LogP contribution in [0.3, 0.4) is 0 Å². The SMILES string of the molecule is CCCCC(=O)[C@H](C)C(=O)O[C@@H](C)COc1ccccc1. The molecule has 21 heavy (non-hydrogen) atoms. The zero-order valence-electron chi connectivity index (χ0n) is 13.0. The second-order valence-corrected chi connectivity index (χ2v) is 5.16. The van der Waals surface area contributed by atoms with Gasteiger partial charge in [0.25, 0.3) is 0 Å². The van der Waals surface area contributed by atoms with Crippen molar-refractivity contribution in [2.24, 2.45) is 5.92 Å². The van der Waals surface area contributed by atoms with Crippen LogP contribution in [0.25, 0.3) is 0 Å². The number of Topliss-reactive ketones (excluding diaryl/α,β-unsaturated/α-hetero) is 1. The minimum absolute atomic E-state index is 0.0574. The number of rotatable bonds is 9. The van der Waals surface area contributed by atoms with Gasteiger partial charge >= 0.3 is 5.97 Å². The first-order chi connectivity index (χ1) is 10.0. The molecule has 0 aliphatic heterocycles. The zero-order chi connectivity index (χ0) is 15.7. The Morgan fingerprint density at radius 1 is 1.14 bits per heavy atom. The maximum atomic E-state index is 11.9. The normalized spacial score (nSPS) is 13.3. The van der Waals surface area contributed by atoms with Gasteiger partial charge in [-0.05, 0) is 32.4 Å². The number of hydrogen-bond donors (Lipinski definition) is 0. The predicted octanol–water partition coefficient (Wildman–Crippen LogP) is 3.39. The van der Waals surface area contributed by atoms with Crippen molar-refractivity contribution in [3.63, 3.8) is 0 Å². The van der Waals surface area contributed by atoms with Crippen molar-refractivity contribution in [1.29, 1.82) is 0 Å². The van der Waals surface area contributed by atoms with E-state index < -0.39 is 11.9 Å². The third-order valence-corrected chi connectivity index (χ3v) is 3.16. The van der Waals surface area contributed by atoms with Gasteiger partial charge in [-0.3, -0.25) is 9.59 Å². The van der Waals surface area contributed by atoms with Crippen LogP contribution in [0.4, 0.5) is 0 Å². The molecule has 0 heterocycles. The van der Waals surface area contributed by atoms with Gasteiger partial charge in [0.05, 0.1) is 0 Å². The molecule has 0 saturated carbocycles. The summed E-state index contributed by atoms with van der Waals surface area (Å²) in [4.78, 5) is 23.6. The van der Waals surface area contributed by atoms with E-state index in [2.05, 4.69) is 0 Å². The molecule has 2 atom stereocenters. The fourth-order valence-electron chi connectivity index (χ4n) is 1.76. The molecule has 116 valence electrons. The summed E-state index contributed by atoms with van der Waals surface area (Å²) in [7, 11) is 0. The molecule has 0 saturated heterocycles. The van der Waals surface area contributed by atoms with Crippen LogP contribution in [-0.4, -0.2) is 24.5 Å². The predicted molar refractivity (Wildman–Crippen MR) is 81.2 cm³/mol. The molecule has 1 rings (SSSR count). The summed E-state index contributed by atoms with van der Waals surface area (Å²) in [5.74, 6) is -0.499. The maximum absolute atomic E-state index is 11.9. The van der Waals surface area contributed by atoms with E-state index in [4.69, 9.17) is 9.47 Å². The Balaban J connectivity index is 2.34. The van der Waals surface area contributed by atoms with Crippen LogP contribution in [0.2, 0.25) is 0 Å². The van der Waals surface area contributed by atoms with Gasteiger partial charge in [0.2, 0.25) is 0 Å². The molecular weight excluding hydrogens is 268 g/mol. The van der Waals surface area contributed by atoms with Crippen LogP contribution in [0.1, 0.15) is 40.0 Å². The summed E-state index contributed by atoms with van der Waals surface area (Å²) < 4.78 is 10.8. The van der Waals surface area contributed by atoms with Crippen molar-refractivity contribution in [3.05, 3.63) is 30.3 Å². The minimum atomic E-state index is -0.698. The molecule has 1 aromatic carbocycles. The van der Waals surface area contributed by atoms with E-state index in [0.717, 1.165) is 18.6 Å². The Labute approximate surface area is 126 Å². The van der Waals surface area contributed by atoms with Crippen LogP contribution in [0.15, 0.2) is 30.3 Å². The Hall–Kier alpha value is -1.84. The van der Waals surface area contributed by atoms with Crippen molar-refractivity contribution in [2.75, 3.05) is 6.61 Å². The second-order valence-electron chi connectivity index (χ2n) is 5.16. The molecule has 0 aliphatic rings. The molecule has 0 amide bonds. The zero-order valence-corrected chi connectivity index (χ0v) is 13.0. The first-order valence-corrected chi connectivity index (χ1v) is 7.45. The number of para-hydroxylation sites is 1. The molecule has 1 aromatic rings. The quantitative estimate of drug-likeness (QED) is 0.517. The lowest BCUT2D eigenvalue weighted by molar-refractivity contribution is -0.156. The molecule has 0 spiro atoms. The largest absolute Gasteiger partial charge is 0.490 e. The average molecular weight is 292 g/mol. The molecule has 0 radical (unpaired) electrons. The van der Waals surface area contributed by atoms with Crippen molar-refractivity contribution in [1.82, 2.24) is 0 Å². The fourth-order valence-corrected chi connectivity index (χ4v) is 1.76. The van der Waals surface area contributed by atoms with E-state index in [0.29, 0.717) is 6.42 Å². The lowest BCUT2D eigenvalue weighted by Gasteiger charge is -2.17. The van der Waals surface area contributed by atoms with Gasteiger partial charge < -0.3 is 9.47 Å². The van der Waals surface area contributed by atoms with Crippen LogP contribution in [0, 0.1) is 5.92 Å². The second kappa shape index (κ2) is 9.16. The minimum Gasteiger partial charge on any atom is -0.490 e. The van der Waals surface area contributed by atoms with E-state index in [-0.39, 0.29) is 18.5 Å². The topological polar surface area (TPSA) is 52.6 Å². The summed E-state index contributed by atoms with van der Waals surface area (Å²) in [6.45, 7) is 5.64. The van der Waals surface area contributed by atoms with Gasteiger partial charge in [0.1, 0.15) is 30.2 Å². The number of hydrogen-bond acceptors (Lipinski definition) is 4. The number of carbonyl (C=O) groups excluding carboxylic acids is 2. The van der Waals surface area contributed by atoms with Crippen molar-refractivity contribution < 1.29 is 19.1 Å². The van der Waals surface area contributed by atoms with Gasteiger partial charge in [0, 0.05) is 6.42 Å². The van der Waals surface area contributed by atoms with E-state index in [1.807, 2.05) is 37.3 Å². The average Bonchev–Trinajstić information content (AvgIpc) is 2.50. The molecule has 0 bridgehead atoms. The molecule has 0 N–H and O–H groups in total. The van der Waals surface area contributed by atoms with Crippen molar-refractivity contribution in [2.45, 2.75) is 46.1 Å². The number of unbranched alkanes of at least 4 members (excludes halogenated alkanes) is 1. The number of esters is 1. The maximum Gasteiger partial charge on any atom is 0.316 e. The molecule has 4 heteroatoms. The Morgan fingerprint density at radius 2 is 1.81 bits per heavy atom. The van der Waals surface area contributed by atoms with Crippen molar-refractivity contribution >= 4 is 11.8 Å². The Bertz CT molecular complexity index is 441. The van der Waals surface area contributed by atoms with Gasteiger partial charge in [-0.2, -0.15) is 0 Å². The molecule has 0 unspecified atom stereocenters. The molecule has 4 nitrogen and oxygen atoms in total. The van der Waals surface area contributed by atoms with E-state index in [9.17, 15) is 9.59 Å². The summed E-state index contributed by atoms with van der Waals surface area (Å²) in [6.07, 6.45) is 1.79. The van der Waals surface area contributed by atoms with Gasteiger partial charge in [-0.1, -0.05) is 31.5 Å². The van der Waals surface area contributed by atoms with Crippen LogP contribution in [0.5, 0.6) is 5.75 Å². The molecule has 0 aliphatic carbocycles. The highest BCUT2D eigenvalue weighted by Crippen LogP contribution is 2.11. The van der Waals surface area contributed by atoms with Crippen LogP contribution < -0.4 is 4.74 Å². The molecule has 0 fully saturated rings. The Morgan fingerprint density at radius 3 is 2.43 bits per heavy atom. The number of ether oxygens (including phenoxy) is 2. The number of carbonyl (C=O) groups is 2. The summed E-state index contributed by atoms with van der Waals surface area (Å²) in [6, 6.07) is 9.33. The van der Waals surface area contributed by atoms with Crippen molar-refractivity contribution in [3.8, 4) is 5.75 Å².